The molecule has 1 aliphatic carbocycles. The van der Waals surface area contributed by atoms with E-state index in [1.807, 2.05) is 0 Å². The van der Waals surface area contributed by atoms with Crippen molar-refractivity contribution in [1.82, 2.24) is 10.6 Å². The Morgan fingerprint density at radius 1 is 1.00 bits per heavy atom. The number of carbonyl (C=O) groups excluding carboxylic acids is 2. The first-order valence-corrected chi connectivity index (χ1v) is 8.90. The van der Waals surface area contributed by atoms with Crippen LogP contribution in [0.1, 0.15) is 66.7 Å². The SMILES string of the molecule is CC(C)CNC(=O)c1ccc(C(=O)NCCC2=CCCCC2)cc1. The molecule has 0 fully saturated rings. The van der Waals surface area contributed by atoms with Crippen LogP contribution in [0, 0.1) is 5.92 Å². The summed E-state index contributed by atoms with van der Waals surface area (Å²) in [5.74, 6) is 0.235. The van der Waals surface area contributed by atoms with Gasteiger partial charge in [0.2, 0.25) is 0 Å². The number of hydrogen-bond donors (Lipinski definition) is 2. The van der Waals surface area contributed by atoms with E-state index in [4.69, 9.17) is 0 Å². The van der Waals surface area contributed by atoms with Gasteiger partial charge in [-0.25, -0.2) is 0 Å². The van der Waals surface area contributed by atoms with Gasteiger partial charge in [-0.2, -0.15) is 0 Å². The third-order valence-electron chi connectivity index (χ3n) is 4.20. The van der Waals surface area contributed by atoms with Gasteiger partial charge >= 0.3 is 0 Å². The Morgan fingerprint density at radius 2 is 1.62 bits per heavy atom. The lowest BCUT2D eigenvalue weighted by Crippen LogP contribution is -2.27. The topological polar surface area (TPSA) is 58.2 Å². The monoisotopic (exact) mass is 328 g/mol. The molecule has 0 aromatic heterocycles. The van der Waals surface area contributed by atoms with E-state index in [0.29, 0.717) is 30.1 Å². The Balaban J connectivity index is 1.80. The first kappa shape index (κ1) is 18.2. The van der Waals surface area contributed by atoms with Crippen molar-refractivity contribution < 1.29 is 9.59 Å². The van der Waals surface area contributed by atoms with Gasteiger partial charge in [-0.05, 0) is 62.3 Å². The van der Waals surface area contributed by atoms with E-state index in [2.05, 4.69) is 30.6 Å². The van der Waals surface area contributed by atoms with Crippen LogP contribution in [-0.2, 0) is 0 Å². The number of rotatable bonds is 7. The zero-order chi connectivity index (χ0) is 17.4. The van der Waals surface area contributed by atoms with Crippen molar-refractivity contribution in [3.8, 4) is 0 Å². The molecule has 2 N–H and O–H groups in total. The summed E-state index contributed by atoms with van der Waals surface area (Å²) in [6, 6.07) is 6.82. The van der Waals surface area contributed by atoms with Crippen LogP contribution in [0.15, 0.2) is 35.9 Å². The van der Waals surface area contributed by atoms with Gasteiger partial charge in [-0.3, -0.25) is 9.59 Å². The van der Waals surface area contributed by atoms with Crippen LogP contribution in [0.5, 0.6) is 0 Å². The zero-order valence-corrected chi connectivity index (χ0v) is 14.7. The number of nitrogens with one attached hydrogen (secondary N) is 2. The molecule has 0 atom stereocenters. The third-order valence-corrected chi connectivity index (χ3v) is 4.20. The summed E-state index contributed by atoms with van der Waals surface area (Å²) in [7, 11) is 0. The van der Waals surface area contributed by atoms with Crippen LogP contribution < -0.4 is 10.6 Å². The molecule has 0 bridgehead atoms. The molecule has 0 radical (unpaired) electrons. The van der Waals surface area contributed by atoms with E-state index in [1.54, 1.807) is 24.3 Å². The summed E-state index contributed by atoms with van der Waals surface area (Å²) in [6.07, 6.45) is 8.12. The van der Waals surface area contributed by atoms with Gasteiger partial charge < -0.3 is 10.6 Å². The molecular weight excluding hydrogens is 300 g/mol. The first-order chi connectivity index (χ1) is 11.6. The van der Waals surface area contributed by atoms with Gasteiger partial charge in [0.25, 0.3) is 11.8 Å². The predicted octanol–water partition coefficient (Wildman–Crippen LogP) is 3.69. The molecule has 4 heteroatoms. The van der Waals surface area contributed by atoms with Crippen LogP contribution >= 0.6 is 0 Å². The molecule has 0 aliphatic heterocycles. The summed E-state index contributed by atoms with van der Waals surface area (Å²) >= 11 is 0. The van der Waals surface area contributed by atoms with Gasteiger partial charge in [-0.1, -0.05) is 25.5 Å². The second kappa shape index (κ2) is 9.26. The minimum atomic E-state index is -0.0973. The van der Waals surface area contributed by atoms with E-state index in [1.165, 1.54) is 24.8 Å². The van der Waals surface area contributed by atoms with Crippen molar-refractivity contribution in [2.45, 2.75) is 46.0 Å². The maximum atomic E-state index is 12.2. The van der Waals surface area contributed by atoms with E-state index in [-0.39, 0.29) is 11.8 Å². The molecule has 0 saturated heterocycles. The minimum Gasteiger partial charge on any atom is -0.352 e. The Morgan fingerprint density at radius 3 is 2.17 bits per heavy atom. The highest BCUT2D eigenvalue weighted by Crippen LogP contribution is 2.19. The summed E-state index contributed by atoms with van der Waals surface area (Å²) in [6.45, 7) is 5.42. The molecule has 1 aliphatic rings. The van der Waals surface area contributed by atoms with Crippen molar-refractivity contribution in [2.24, 2.45) is 5.92 Å². The summed E-state index contributed by atoms with van der Waals surface area (Å²) in [5, 5.41) is 5.83. The van der Waals surface area contributed by atoms with E-state index in [0.717, 1.165) is 12.8 Å². The Kier molecular flexibility index (Phi) is 7.04. The molecule has 130 valence electrons. The van der Waals surface area contributed by atoms with Crippen LogP contribution in [-0.4, -0.2) is 24.9 Å². The molecule has 0 heterocycles. The molecule has 0 unspecified atom stereocenters. The van der Waals surface area contributed by atoms with Gasteiger partial charge in [0.05, 0.1) is 0 Å². The van der Waals surface area contributed by atoms with Gasteiger partial charge in [-0.15, -0.1) is 0 Å². The fourth-order valence-electron chi connectivity index (χ4n) is 2.74. The smallest absolute Gasteiger partial charge is 0.251 e. The lowest BCUT2D eigenvalue weighted by atomic mass is 9.97. The molecule has 2 rings (SSSR count). The molecule has 24 heavy (non-hydrogen) atoms. The summed E-state index contributed by atoms with van der Waals surface area (Å²) < 4.78 is 0. The van der Waals surface area contributed by atoms with Crippen molar-refractivity contribution >= 4 is 11.8 Å². The number of amides is 2. The largest absolute Gasteiger partial charge is 0.352 e. The average Bonchev–Trinajstić information content (AvgIpc) is 2.60. The highest BCUT2D eigenvalue weighted by Gasteiger charge is 2.10. The Labute approximate surface area is 144 Å². The summed E-state index contributed by atoms with van der Waals surface area (Å²) in [5.41, 5.74) is 2.63. The number of hydrogen-bond acceptors (Lipinski definition) is 2. The lowest BCUT2D eigenvalue weighted by molar-refractivity contribution is 0.0939. The first-order valence-electron chi connectivity index (χ1n) is 8.90. The third kappa shape index (κ3) is 5.84. The fraction of sp³-hybridized carbons (Fsp3) is 0.500. The quantitative estimate of drug-likeness (QED) is 0.750. The Bertz CT molecular complexity index is 588. The highest BCUT2D eigenvalue weighted by molar-refractivity contribution is 5.97. The van der Waals surface area contributed by atoms with Crippen molar-refractivity contribution in [3.05, 3.63) is 47.0 Å². The van der Waals surface area contributed by atoms with Crippen molar-refractivity contribution in [3.63, 3.8) is 0 Å². The molecule has 0 spiro atoms. The summed E-state index contributed by atoms with van der Waals surface area (Å²) in [4.78, 5) is 24.1. The van der Waals surface area contributed by atoms with Crippen LogP contribution in [0.25, 0.3) is 0 Å². The number of benzene rings is 1. The highest BCUT2D eigenvalue weighted by atomic mass is 16.2. The van der Waals surface area contributed by atoms with Crippen molar-refractivity contribution in [1.29, 1.82) is 0 Å². The van der Waals surface area contributed by atoms with Crippen molar-refractivity contribution in [2.75, 3.05) is 13.1 Å². The Hall–Kier alpha value is -2.10. The van der Waals surface area contributed by atoms with Gasteiger partial charge in [0, 0.05) is 24.2 Å². The van der Waals surface area contributed by atoms with Crippen LogP contribution in [0.2, 0.25) is 0 Å². The second-order valence-corrected chi connectivity index (χ2v) is 6.80. The fourth-order valence-corrected chi connectivity index (χ4v) is 2.74. The molecule has 1 aromatic rings. The number of allylic oxidation sites excluding steroid dienone is 1. The molecular formula is C20H28N2O2. The maximum Gasteiger partial charge on any atom is 0.251 e. The zero-order valence-electron chi connectivity index (χ0n) is 14.7. The van der Waals surface area contributed by atoms with E-state index < -0.39 is 0 Å². The lowest BCUT2D eigenvalue weighted by Gasteiger charge is -2.13. The minimum absolute atomic E-state index is 0.0828. The molecule has 0 saturated carbocycles. The van der Waals surface area contributed by atoms with Crippen LogP contribution in [0.3, 0.4) is 0 Å². The van der Waals surface area contributed by atoms with Gasteiger partial charge in [0.15, 0.2) is 0 Å². The second-order valence-electron chi connectivity index (χ2n) is 6.80. The van der Waals surface area contributed by atoms with E-state index >= 15 is 0 Å². The number of carbonyl (C=O) groups is 2. The molecule has 2 amide bonds. The maximum absolute atomic E-state index is 12.2. The molecule has 1 aromatic carbocycles. The normalized spacial score (nSPS) is 14.2. The van der Waals surface area contributed by atoms with Gasteiger partial charge in [0.1, 0.15) is 0 Å². The standard InChI is InChI=1S/C20H28N2O2/c1-15(2)14-22-20(24)18-10-8-17(9-11-18)19(23)21-13-12-16-6-4-3-5-7-16/h6,8-11,15H,3-5,7,12-14H2,1-2H3,(H,21,23)(H,22,24). The predicted molar refractivity (Wildman–Crippen MR) is 97.1 cm³/mol. The molecule has 4 nitrogen and oxygen atoms in total. The van der Waals surface area contributed by atoms with E-state index in [9.17, 15) is 9.59 Å². The van der Waals surface area contributed by atoms with Crippen LogP contribution in [0.4, 0.5) is 0 Å². The average molecular weight is 328 g/mol.